The van der Waals surface area contributed by atoms with E-state index in [1.54, 1.807) is 6.08 Å². The van der Waals surface area contributed by atoms with Crippen LogP contribution >= 0.6 is 0 Å². The Morgan fingerprint density at radius 2 is 0.935 bits per heavy atom. The number of unbranched alkanes of at least 4 members (excludes halogenated alkanes) is 22. The van der Waals surface area contributed by atoms with Crippen LogP contribution in [0.5, 0.6) is 0 Å². The maximum atomic E-state index is 12.4. The molecule has 0 aliphatic heterocycles. The number of aliphatic hydroxyl groups excluding tert-OH is 3. The Hall–Kier alpha value is -1.43. The number of carbonyl (C=O) groups is 1. The Kier molecular flexibility index (Phi) is 35.3. The summed E-state index contributed by atoms with van der Waals surface area (Å²) in [6.07, 6.45) is 44.2. The summed E-state index contributed by atoms with van der Waals surface area (Å²) in [6.45, 7) is 4.17. The summed E-state index contributed by atoms with van der Waals surface area (Å²) in [4.78, 5) is 12.4. The average Bonchev–Trinajstić information content (AvgIpc) is 3.05. The van der Waals surface area contributed by atoms with Crippen molar-refractivity contribution >= 4 is 5.91 Å². The van der Waals surface area contributed by atoms with Gasteiger partial charge in [0.05, 0.1) is 31.3 Å². The van der Waals surface area contributed by atoms with Gasteiger partial charge in [-0.05, 0) is 57.8 Å². The van der Waals surface area contributed by atoms with Gasteiger partial charge in [-0.25, -0.2) is 0 Å². The predicted octanol–water partition coefficient (Wildman–Crippen LogP) is 10.8. The van der Waals surface area contributed by atoms with Gasteiger partial charge in [0.25, 0.3) is 0 Å². The van der Waals surface area contributed by atoms with Crippen molar-refractivity contribution in [2.24, 2.45) is 0 Å². The van der Waals surface area contributed by atoms with Gasteiger partial charge in [0.15, 0.2) is 0 Å². The van der Waals surface area contributed by atoms with Crippen molar-refractivity contribution in [3.05, 3.63) is 36.5 Å². The van der Waals surface area contributed by atoms with Crippen LogP contribution in [0.25, 0.3) is 0 Å². The molecule has 0 rings (SSSR count). The molecule has 0 spiro atoms. The normalized spacial score (nSPS) is 14.1. The average molecular weight is 648 g/mol. The first-order valence-corrected chi connectivity index (χ1v) is 19.8. The van der Waals surface area contributed by atoms with E-state index in [9.17, 15) is 20.1 Å². The lowest BCUT2D eigenvalue weighted by Gasteiger charge is -2.20. The predicted molar refractivity (Wildman–Crippen MR) is 199 cm³/mol. The summed E-state index contributed by atoms with van der Waals surface area (Å²) in [5.74, 6) is -0.332. The van der Waals surface area contributed by atoms with E-state index in [0.29, 0.717) is 6.42 Å². The molecule has 270 valence electrons. The molecule has 0 fully saturated rings. The number of carbonyl (C=O) groups excluding carboxylic acids is 1. The van der Waals surface area contributed by atoms with E-state index in [1.807, 2.05) is 6.08 Å². The molecule has 0 bridgehead atoms. The van der Waals surface area contributed by atoms with Crippen LogP contribution in [0.3, 0.4) is 0 Å². The molecule has 0 saturated heterocycles. The Labute approximate surface area is 285 Å². The fourth-order valence-electron chi connectivity index (χ4n) is 5.82. The van der Waals surface area contributed by atoms with Gasteiger partial charge in [-0.2, -0.15) is 0 Å². The molecule has 3 unspecified atom stereocenters. The molecule has 3 atom stereocenters. The van der Waals surface area contributed by atoms with Crippen molar-refractivity contribution in [2.45, 2.75) is 212 Å². The summed E-state index contributed by atoms with van der Waals surface area (Å²) < 4.78 is 0. The molecule has 0 saturated carbocycles. The molecule has 0 heterocycles. The van der Waals surface area contributed by atoms with Crippen LogP contribution in [0.2, 0.25) is 0 Å². The topological polar surface area (TPSA) is 89.8 Å². The smallest absolute Gasteiger partial charge is 0.222 e. The Bertz CT molecular complexity index is 719. The van der Waals surface area contributed by atoms with Gasteiger partial charge < -0.3 is 20.6 Å². The summed E-state index contributed by atoms with van der Waals surface area (Å²) >= 11 is 0. The van der Waals surface area contributed by atoms with Gasteiger partial charge in [0, 0.05) is 0 Å². The van der Waals surface area contributed by atoms with Gasteiger partial charge in [0.1, 0.15) is 0 Å². The van der Waals surface area contributed by atoms with Crippen molar-refractivity contribution in [1.82, 2.24) is 5.32 Å². The van der Waals surface area contributed by atoms with Crippen LogP contribution in [0.15, 0.2) is 36.5 Å². The van der Waals surface area contributed by atoms with Crippen LogP contribution in [-0.2, 0) is 4.79 Å². The third kappa shape index (κ3) is 32.5. The van der Waals surface area contributed by atoms with E-state index < -0.39 is 18.2 Å². The minimum Gasteiger partial charge on any atom is -0.394 e. The van der Waals surface area contributed by atoms with E-state index in [4.69, 9.17) is 0 Å². The molecule has 1 amide bonds. The van der Waals surface area contributed by atoms with Crippen LogP contribution in [0.1, 0.15) is 194 Å². The lowest BCUT2D eigenvalue weighted by Crippen LogP contribution is -2.45. The minimum absolute atomic E-state index is 0.000173. The zero-order valence-electron chi connectivity index (χ0n) is 30.5. The molecular formula is C41H77NO4. The van der Waals surface area contributed by atoms with Gasteiger partial charge >= 0.3 is 0 Å². The Morgan fingerprint density at radius 3 is 1.39 bits per heavy atom. The SMILES string of the molecule is CCCCCCCC/C=C/CC/C=C/C(O)C(CO)NC(=O)CC(O)CCCCCCC/C=C\CCCCCCCCCCCC. The van der Waals surface area contributed by atoms with Crippen molar-refractivity contribution in [1.29, 1.82) is 0 Å². The molecule has 5 nitrogen and oxygen atoms in total. The molecule has 0 aliphatic rings. The Balaban J connectivity index is 3.73. The fraction of sp³-hybridized carbons (Fsp3) is 0.829. The second kappa shape index (κ2) is 36.4. The number of rotatable bonds is 35. The first-order chi connectivity index (χ1) is 22.5. The molecule has 4 N–H and O–H groups in total. The van der Waals surface area contributed by atoms with Gasteiger partial charge in [-0.3, -0.25) is 4.79 Å². The van der Waals surface area contributed by atoms with E-state index in [-0.39, 0.29) is 18.9 Å². The van der Waals surface area contributed by atoms with Crippen molar-refractivity contribution in [3.63, 3.8) is 0 Å². The zero-order chi connectivity index (χ0) is 33.8. The first-order valence-electron chi connectivity index (χ1n) is 19.8. The van der Waals surface area contributed by atoms with Crippen molar-refractivity contribution < 1.29 is 20.1 Å². The Morgan fingerprint density at radius 1 is 0.543 bits per heavy atom. The highest BCUT2D eigenvalue weighted by molar-refractivity contribution is 5.76. The van der Waals surface area contributed by atoms with Crippen LogP contribution in [-0.4, -0.2) is 46.1 Å². The second-order valence-corrected chi connectivity index (χ2v) is 13.5. The monoisotopic (exact) mass is 648 g/mol. The lowest BCUT2D eigenvalue weighted by molar-refractivity contribution is -0.124. The molecule has 0 aromatic heterocycles. The number of aliphatic hydroxyl groups is 3. The number of hydrogen-bond acceptors (Lipinski definition) is 4. The number of nitrogens with one attached hydrogen (secondary N) is 1. The largest absolute Gasteiger partial charge is 0.394 e. The van der Waals surface area contributed by atoms with E-state index in [2.05, 4.69) is 43.5 Å². The summed E-state index contributed by atoms with van der Waals surface area (Å²) in [5.41, 5.74) is 0. The molecule has 0 radical (unpaired) electrons. The highest BCUT2D eigenvalue weighted by atomic mass is 16.3. The lowest BCUT2D eigenvalue weighted by atomic mass is 10.0. The van der Waals surface area contributed by atoms with Gasteiger partial charge in [-0.15, -0.1) is 0 Å². The molecule has 0 aliphatic carbocycles. The number of amides is 1. The molecule has 0 aromatic rings. The van der Waals surface area contributed by atoms with E-state index in [1.165, 1.54) is 122 Å². The quantitative estimate of drug-likeness (QED) is 0.0407. The third-order valence-electron chi connectivity index (χ3n) is 8.90. The maximum Gasteiger partial charge on any atom is 0.222 e. The van der Waals surface area contributed by atoms with Crippen LogP contribution in [0.4, 0.5) is 0 Å². The summed E-state index contributed by atoms with van der Waals surface area (Å²) in [7, 11) is 0. The summed E-state index contributed by atoms with van der Waals surface area (Å²) in [5, 5.41) is 33.0. The molecule has 46 heavy (non-hydrogen) atoms. The van der Waals surface area contributed by atoms with Crippen molar-refractivity contribution in [2.75, 3.05) is 6.61 Å². The zero-order valence-corrected chi connectivity index (χ0v) is 30.5. The molecule has 0 aromatic carbocycles. The van der Waals surface area contributed by atoms with Gasteiger partial charge in [-0.1, -0.05) is 166 Å². The standard InChI is InChI=1S/C41H77NO4/c1-3-5-7-9-11-13-15-17-18-19-20-21-22-23-24-26-28-30-32-34-38(44)36-41(46)42-39(37-43)40(45)35-33-31-29-27-25-16-14-12-10-8-6-4-2/h21-22,25,27,33,35,38-40,43-45H,3-20,23-24,26,28-32,34,36-37H2,1-2H3,(H,42,46)/b22-21-,27-25+,35-33+. The van der Waals surface area contributed by atoms with Crippen LogP contribution < -0.4 is 5.32 Å². The third-order valence-corrected chi connectivity index (χ3v) is 8.90. The highest BCUT2D eigenvalue weighted by Crippen LogP contribution is 2.13. The second-order valence-electron chi connectivity index (χ2n) is 13.5. The number of allylic oxidation sites excluding steroid dienone is 5. The summed E-state index contributed by atoms with van der Waals surface area (Å²) in [6, 6.07) is -0.761. The van der Waals surface area contributed by atoms with Gasteiger partial charge in [0.2, 0.25) is 5.91 Å². The first kappa shape index (κ1) is 44.6. The van der Waals surface area contributed by atoms with Crippen LogP contribution in [0, 0.1) is 0 Å². The fourth-order valence-corrected chi connectivity index (χ4v) is 5.82. The highest BCUT2D eigenvalue weighted by Gasteiger charge is 2.20. The minimum atomic E-state index is -0.951. The van der Waals surface area contributed by atoms with E-state index >= 15 is 0 Å². The molecular weight excluding hydrogens is 570 g/mol. The van der Waals surface area contributed by atoms with Crippen molar-refractivity contribution in [3.8, 4) is 0 Å². The molecule has 5 heteroatoms. The van der Waals surface area contributed by atoms with E-state index in [0.717, 1.165) is 44.9 Å². The number of hydrogen-bond donors (Lipinski definition) is 4. The maximum absolute atomic E-state index is 12.4.